The molecule has 1 heterocycles. The van der Waals surface area contributed by atoms with Crippen molar-refractivity contribution >= 4 is 17.5 Å². The first-order valence-corrected chi connectivity index (χ1v) is 4.50. The number of halogens is 1. The zero-order valence-electron chi connectivity index (χ0n) is 7.34. The van der Waals surface area contributed by atoms with Gasteiger partial charge in [-0.3, -0.25) is 4.79 Å². The summed E-state index contributed by atoms with van der Waals surface area (Å²) in [6.07, 6.45) is 0.332. The van der Waals surface area contributed by atoms with Crippen LogP contribution in [0.25, 0.3) is 0 Å². The van der Waals surface area contributed by atoms with Crippen molar-refractivity contribution in [1.29, 1.82) is 0 Å². The number of carbonyl (C=O) groups excluding carboxylic acids is 1. The Morgan fingerprint density at radius 3 is 3.08 bits per heavy atom. The highest BCUT2D eigenvalue weighted by atomic mass is 35.5. The van der Waals surface area contributed by atoms with Crippen molar-refractivity contribution in [2.75, 3.05) is 5.88 Å². The molecule has 0 spiro atoms. The number of rotatable bonds is 4. The van der Waals surface area contributed by atoms with Crippen LogP contribution in [-0.2, 0) is 11.3 Å². The summed E-state index contributed by atoms with van der Waals surface area (Å²) in [6, 6.07) is 1.78. The normalized spacial score (nSPS) is 10.0. The highest BCUT2D eigenvalue weighted by molar-refractivity contribution is 6.18. The third-order valence-corrected chi connectivity index (χ3v) is 1.65. The molecule has 72 valence electrons. The van der Waals surface area contributed by atoms with Crippen molar-refractivity contribution < 1.29 is 9.32 Å². The average Bonchev–Trinajstić information content (AvgIpc) is 2.49. The third-order valence-electron chi connectivity index (χ3n) is 1.46. The van der Waals surface area contributed by atoms with E-state index >= 15 is 0 Å². The van der Waals surface area contributed by atoms with Gasteiger partial charge >= 0.3 is 0 Å². The highest BCUT2D eigenvalue weighted by Gasteiger charge is 2.02. The van der Waals surface area contributed by atoms with E-state index in [-0.39, 0.29) is 5.91 Å². The number of nitrogens with one attached hydrogen (secondary N) is 1. The molecule has 0 unspecified atom stereocenters. The van der Waals surface area contributed by atoms with Crippen LogP contribution in [0.5, 0.6) is 0 Å². The fraction of sp³-hybridized carbons (Fsp3) is 0.500. The number of nitrogens with zero attached hydrogens (tertiary/aromatic N) is 1. The highest BCUT2D eigenvalue weighted by Crippen LogP contribution is 2.00. The molecule has 1 aromatic heterocycles. The van der Waals surface area contributed by atoms with E-state index < -0.39 is 0 Å². The summed E-state index contributed by atoms with van der Waals surface area (Å²) in [7, 11) is 0. The molecule has 0 aliphatic rings. The maximum atomic E-state index is 11.0. The Morgan fingerprint density at radius 1 is 1.77 bits per heavy atom. The van der Waals surface area contributed by atoms with Crippen LogP contribution in [0.2, 0.25) is 0 Å². The molecule has 0 atom stereocenters. The minimum atomic E-state index is -0.0735. The van der Waals surface area contributed by atoms with Crippen LogP contribution in [0.1, 0.15) is 17.9 Å². The molecular formula is C8H11ClN2O2. The zero-order valence-corrected chi connectivity index (χ0v) is 8.10. The van der Waals surface area contributed by atoms with Gasteiger partial charge in [-0.2, -0.15) is 0 Å². The first-order chi connectivity index (χ1) is 6.22. The first kappa shape index (κ1) is 10.1. The molecule has 1 aromatic rings. The number of carbonyl (C=O) groups is 1. The minimum Gasteiger partial charge on any atom is -0.361 e. The number of amides is 1. The van der Waals surface area contributed by atoms with Gasteiger partial charge in [0.1, 0.15) is 11.5 Å². The van der Waals surface area contributed by atoms with E-state index in [2.05, 4.69) is 10.5 Å². The molecule has 0 aliphatic carbocycles. The number of hydrogen-bond donors (Lipinski definition) is 1. The maximum Gasteiger partial charge on any atom is 0.221 e. The molecule has 0 aliphatic heterocycles. The van der Waals surface area contributed by atoms with Crippen molar-refractivity contribution in [3.63, 3.8) is 0 Å². The Bertz CT molecular complexity index is 285. The van der Waals surface area contributed by atoms with E-state index in [9.17, 15) is 4.79 Å². The average molecular weight is 203 g/mol. The lowest BCUT2D eigenvalue weighted by Gasteiger charge is -1.98. The SMILES string of the molecule is Cc1cc(CNC(=O)CCCl)no1. The van der Waals surface area contributed by atoms with E-state index in [0.29, 0.717) is 18.8 Å². The van der Waals surface area contributed by atoms with Crippen LogP contribution in [-0.4, -0.2) is 16.9 Å². The predicted octanol–water partition coefficient (Wildman–Crippen LogP) is 1.23. The fourth-order valence-corrected chi connectivity index (χ4v) is 1.04. The molecule has 1 amide bonds. The smallest absolute Gasteiger partial charge is 0.221 e. The van der Waals surface area contributed by atoms with Crippen LogP contribution in [0.3, 0.4) is 0 Å². The summed E-state index contributed by atoms with van der Waals surface area (Å²) < 4.78 is 4.83. The summed E-state index contributed by atoms with van der Waals surface area (Å²) in [5.74, 6) is 1.00. The number of aromatic nitrogens is 1. The lowest BCUT2D eigenvalue weighted by Crippen LogP contribution is -2.22. The number of alkyl halides is 1. The van der Waals surface area contributed by atoms with Crippen molar-refractivity contribution in [3.8, 4) is 0 Å². The van der Waals surface area contributed by atoms with Gasteiger partial charge in [-0.25, -0.2) is 0 Å². The second kappa shape index (κ2) is 4.87. The Hall–Kier alpha value is -1.03. The molecule has 0 saturated heterocycles. The molecule has 0 radical (unpaired) electrons. The van der Waals surface area contributed by atoms with Gasteiger partial charge in [0.2, 0.25) is 5.91 Å². The molecule has 5 heteroatoms. The van der Waals surface area contributed by atoms with E-state index in [1.54, 1.807) is 13.0 Å². The zero-order chi connectivity index (χ0) is 9.68. The van der Waals surface area contributed by atoms with Gasteiger partial charge in [0, 0.05) is 18.4 Å². The van der Waals surface area contributed by atoms with Crippen molar-refractivity contribution in [2.45, 2.75) is 19.9 Å². The molecule has 1 rings (SSSR count). The van der Waals surface area contributed by atoms with Gasteiger partial charge < -0.3 is 9.84 Å². The standard InChI is InChI=1S/C8H11ClN2O2/c1-6-4-7(11-13-6)5-10-8(12)2-3-9/h4H,2-3,5H2,1H3,(H,10,12). The maximum absolute atomic E-state index is 11.0. The summed E-state index contributed by atoms with van der Waals surface area (Å²) in [4.78, 5) is 11.0. The molecule has 4 nitrogen and oxygen atoms in total. The lowest BCUT2D eigenvalue weighted by atomic mass is 10.3. The fourth-order valence-electron chi connectivity index (χ4n) is 0.865. The molecular weight excluding hydrogens is 192 g/mol. The Kier molecular flexibility index (Phi) is 3.76. The quantitative estimate of drug-likeness (QED) is 0.748. The first-order valence-electron chi connectivity index (χ1n) is 3.97. The van der Waals surface area contributed by atoms with E-state index in [1.165, 1.54) is 0 Å². The Morgan fingerprint density at radius 2 is 2.54 bits per heavy atom. The second-order valence-corrected chi connectivity index (χ2v) is 3.02. The van der Waals surface area contributed by atoms with E-state index in [0.717, 1.165) is 11.5 Å². The summed E-state index contributed by atoms with van der Waals surface area (Å²) in [6.45, 7) is 2.20. The number of hydrogen-bond acceptors (Lipinski definition) is 3. The monoisotopic (exact) mass is 202 g/mol. The summed E-state index contributed by atoms with van der Waals surface area (Å²) in [5, 5.41) is 6.39. The van der Waals surface area contributed by atoms with Crippen LogP contribution >= 0.6 is 11.6 Å². The van der Waals surface area contributed by atoms with Gasteiger partial charge in [-0.15, -0.1) is 11.6 Å². The van der Waals surface area contributed by atoms with Crippen LogP contribution in [0.4, 0.5) is 0 Å². The number of aryl methyl sites for hydroxylation is 1. The van der Waals surface area contributed by atoms with Crippen molar-refractivity contribution in [1.82, 2.24) is 10.5 Å². The summed E-state index contributed by atoms with van der Waals surface area (Å²) >= 11 is 5.39. The molecule has 1 N–H and O–H groups in total. The van der Waals surface area contributed by atoms with Gasteiger partial charge in [-0.05, 0) is 6.92 Å². The largest absolute Gasteiger partial charge is 0.361 e. The van der Waals surface area contributed by atoms with Gasteiger partial charge in [-0.1, -0.05) is 5.16 Å². The molecule has 0 aromatic carbocycles. The van der Waals surface area contributed by atoms with Crippen molar-refractivity contribution in [3.05, 3.63) is 17.5 Å². The molecule has 0 fully saturated rings. The topological polar surface area (TPSA) is 55.1 Å². The Balaban J connectivity index is 2.30. The van der Waals surface area contributed by atoms with Crippen LogP contribution < -0.4 is 5.32 Å². The van der Waals surface area contributed by atoms with Gasteiger partial charge in [0.05, 0.1) is 6.54 Å². The third kappa shape index (κ3) is 3.46. The van der Waals surface area contributed by atoms with Gasteiger partial charge in [0.15, 0.2) is 0 Å². The molecule has 13 heavy (non-hydrogen) atoms. The van der Waals surface area contributed by atoms with Crippen molar-refractivity contribution in [2.24, 2.45) is 0 Å². The van der Waals surface area contributed by atoms with E-state index in [1.807, 2.05) is 0 Å². The predicted molar refractivity (Wildman–Crippen MR) is 48.4 cm³/mol. The van der Waals surface area contributed by atoms with Gasteiger partial charge in [0.25, 0.3) is 0 Å². The summed E-state index contributed by atoms with van der Waals surface area (Å²) in [5.41, 5.74) is 0.723. The van der Waals surface area contributed by atoms with E-state index in [4.69, 9.17) is 16.1 Å². The van der Waals surface area contributed by atoms with Crippen LogP contribution in [0, 0.1) is 6.92 Å². The Labute approximate surface area is 81.2 Å². The van der Waals surface area contributed by atoms with Crippen LogP contribution in [0.15, 0.2) is 10.6 Å². The second-order valence-electron chi connectivity index (χ2n) is 2.64. The lowest BCUT2D eigenvalue weighted by molar-refractivity contribution is -0.120. The molecule has 0 bridgehead atoms. The molecule has 0 saturated carbocycles. The minimum absolute atomic E-state index is 0.0735.